The largest absolute Gasteiger partial charge is 0.421 e. The summed E-state index contributed by atoms with van der Waals surface area (Å²) < 4.78 is 66.0. The van der Waals surface area contributed by atoms with Crippen molar-refractivity contribution in [3.63, 3.8) is 0 Å². The van der Waals surface area contributed by atoms with E-state index in [9.17, 15) is 26.4 Å². The van der Waals surface area contributed by atoms with Gasteiger partial charge in [-0.3, -0.25) is 9.69 Å². The van der Waals surface area contributed by atoms with Gasteiger partial charge in [0.05, 0.1) is 23.9 Å². The van der Waals surface area contributed by atoms with Crippen LogP contribution in [0, 0.1) is 0 Å². The van der Waals surface area contributed by atoms with Crippen LogP contribution in [0.15, 0.2) is 71.5 Å². The predicted octanol–water partition coefficient (Wildman–Crippen LogP) is 3.58. The number of aromatic nitrogens is 2. The Hall–Kier alpha value is -2.98. The van der Waals surface area contributed by atoms with Crippen LogP contribution >= 0.6 is 0 Å². The number of benzene rings is 2. The number of halogens is 3. The molecule has 0 saturated carbocycles. The summed E-state index contributed by atoms with van der Waals surface area (Å²) in [6, 6.07) is 17.8. The molecule has 3 aromatic rings. The maximum atomic E-state index is 13.7. The summed E-state index contributed by atoms with van der Waals surface area (Å²) in [4.78, 5) is 14.5. The topological polar surface area (TPSA) is 72.3 Å². The SMILES string of the molecule is O=c1c(C(F)(F)F)cc(-c2ccccc2)nn1CN(Cc1ccccc1)[C@@H]1CCS(=O)(=O)C1. The van der Waals surface area contributed by atoms with Crippen LogP contribution in [0.2, 0.25) is 0 Å². The number of hydrogen-bond acceptors (Lipinski definition) is 5. The number of hydrogen-bond donors (Lipinski definition) is 0. The lowest BCUT2D eigenvalue weighted by Crippen LogP contribution is -2.42. The van der Waals surface area contributed by atoms with Crippen LogP contribution in [0.1, 0.15) is 17.5 Å². The van der Waals surface area contributed by atoms with Crippen molar-refractivity contribution >= 4 is 9.84 Å². The third-order valence-corrected chi connectivity index (χ3v) is 7.37. The van der Waals surface area contributed by atoms with E-state index < -0.39 is 33.2 Å². The third-order valence-electron chi connectivity index (χ3n) is 5.62. The van der Waals surface area contributed by atoms with E-state index in [1.165, 1.54) is 0 Å². The Morgan fingerprint density at radius 1 is 1.03 bits per heavy atom. The van der Waals surface area contributed by atoms with Crippen molar-refractivity contribution < 1.29 is 21.6 Å². The Balaban J connectivity index is 1.76. The number of nitrogens with zero attached hydrogens (tertiary/aromatic N) is 3. The number of rotatable bonds is 6. The summed E-state index contributed by atoms with van der Waals surface area (Å²) in [5.41, 5.74) is -1.27. The van der Waals surface area contributed by atoms with Crippen LogP contribution < -0.4 is 5.56 Å². The fraction of sp³-hybridized carbons (Fsp3) is 0.304. The van der Waals surface area contributed by atoms with Crippen molar-refractivity contribution in [2.45, 2.75) is 31.9 Å². The molecular weight excluding hydrogens is 455 g/mol. The van der Waals surface area contributed by atoms with Crippen molar-refractivity contribution in [2.75, 3.05) is 11.5 Å². The molecule has 0 amide bonds. The summed E-state index contributed by atoms with van der Waals surface area (Å²) in [6.07, 6.45) is -4.51. The molecule has 6 nitrogen and oxygen atoms in total. The highest BCUT2D eigenvalue weighted by Gasteiger charge is 2.37. The van der Waals surface area contributed by atoms with Crippen LogP contribution in [0.5, 0.6) is 0 Å². The van der Waals surface area contributed by atoms with Crippen LogP contribution in [0.25, 0.3) is 11.3 Å². The Kier molecular flexibility index (Phi) is 6.40. The second kappa shape index (κ2) is 9.11. The molecule has 174 valence electrons. The highest BCUT2D eigenvalue weighted by Crippen LogP contribution is 2.29. The van der Waals surface area contributed by atoms with Gasteiger partial charge in [0.2, 0.25) is 0 Å². The molecule has 1 aliphatic rings. The quantitative estimate of drug-likeness (QED) is 0.543. The van der Waals surface area contributed by atoms with Gasteiger partial charge < -0.3 is 0 Å². The van der Waals surface area contributed by atoms with Gasteiger partial charge >= 0.3 is 6.18 Å². The molecule has 2 aromatic carbocycles. The summed E-state index contributed by atoms with van der Waals surface area (Å²) in [5, 5.41) is 4.22. The van der Waals surface area contributed by atoms with Crippen molar-refractivity contribution in [1.82, 2.24) is 14.7 Å². The monoisotopic (exact) mass is 477 g/mol. The Morgan fingerprint density at radius 3 is 2.24 bits per heavy atom. The maximum absolute atomic E-state index is 13.7. The first-order valence-electron chi connectivity index (χ1n) is 10.4. The lowest BCUT2D eigenvalue weighted by Gasteiger charge is -2.28. The second-order valence-corrected chi connectivity index (χ2v) is 10.3. The first-order valence-corrected chi connectivity index (χ1v) is 12.2. The van der Waals surface area contributed by atoms with Crippen LogP contribution in [-0.2, 0) is 29.2 Å². The zero-order valence-electron chi connectivity index (χ0n) is 17.6. The van der Waals surface area contributed by atoms with Crippen LogP contribution in [-0.4, -0.2) is 40.6 Å². The van der Waals surface area contributed by atoms with Gasteiger partial charge in [-0.05, 0) is 18.1 Å². The Labute approximate surface area is 189 Å². The van der Waals surface area contributed by atoms with E-state index in [1.807, 2.05) is 30.3 Å². The van der Waals surface area contributed by atoms with Gasteiger partial charge in [-0.25, -0.2) is 13.1 Å². The molecule has 0 spiro atoms. The van der Waals surface area contributed by atoms with E-state index in [2.05, 4.69) is 5.10 Å². The van der Waals surface area contributed by atoms with E-state index in [-0.39, 0.29) is 30.4 Å². The Morgan fingerprint density at radius 2 is 1.67 bits per heavy atom. The molecule has 2 heterocycles. The molecule has 1 aromatic heterocycles. The van der Waals surface area contributed by atoms with Crippen LogP contribution in [0.3, 0.4) is 0 Å². The second-order valence-electron chi connectivity index (χ2n) is 8.04. The zero-order chi connectivity index (χ0) is 23.6. The van der Waals surface area contributed by atoms with Gasteiger partial charge in [0, 0.05) is 18.2 Å². The summed E-state index contributed by atoms with van der Waals surface area (Å²) >= 11 is 0. The molecule has 0 aliphatic carbocycles. The molecule has 0 bridgehead atoms. The third kappa shape index (κ3) is 5.51. The minimum Gasteiger partial charge on any atom is -0.276 e. The summed E-state index contributed by atoms with van der Waals surface area (Å²) in [7, 11) is -3.25. The predicted molar refractivity (Wildman–Crippen MR) is 118 cm³/mol. The smallest absolute Gasteiger partial charge is 0.276 e. The fourth-order valence-electron chi connectivity index (χ4n) is 3.94. The van der Waals surface area contributed by atoms with E-state index >= 15 is 0 Å². The van der Waals surface area contributed by atoms with Gasteiger partial charge in [-0.2, -0.15) is 18.3 Å². The lowest BCUT2D eigenvalue weighted by molar-refractivity contribution is -0.139. The van der Waals surface area contributed by atoms with Crippen molar-refractivity contribution in [3.8, 4) is 11.3 Å². The first kappa shape index (κ1) is 23.2. The molecule has 1 saturated heterocycles. The number of sulfone groups is 1. The standard InChI is InChI=1S/C23H22F3N3O3S/c24-23(25,26)20-13-21(18-9-5-2-6-10-18)27-29(22(20)30)16-28(14-17-7-3-1-4-8-17)19-11-12-33(31,32)15-19/h1-10,13,19H,11-12,14-16H2/t19-/m1/s1. The van der Waals surface area contributed by atoms with Gasteiger partial charge in [0.25, 0.3) is 5.56 Å². The molecular formula is C23H22F3N3O3S. The molecule has 0 radical (unpaired) electrons. The molecule has 4 rings (SSSR count). The molecule has 1 atom stereocenters. The van der Waals surface area contributed by atoms with Crippen molar-refractivity contribution in [2.24, 2.45) is 0 Å². The lowest BCUT2D eigenvalue weighted by atomic mass is 10.1. The zero-order valence-corrected chi connectivity index (χ0v) is 18.4. The van der Waals surface area contributed by atoms with Crippen molar-refractivity contribution in [3.05, 3.63) is 88.2 Å². The van der Waals surface area contributed by atoms with Crippen molar-refractivity contribution in [1.29, 1.82) is 0 Å². The highest BCUT2D eigenvalue weighted by molar-refractivity contribution is 7.91. The summed E-state index contributed by atoms with van der Waals surface area (Å²) in [5.74, 6) is -0.109. The average Bonchev–Trinajstić information content (AvgIpc) is 3.14. The van der Waals surface area contributed by atoms with Crippen LogP contribution in [0.4, 0.5) is 13.2 Å². The fourth-order valence-corrected chi connectivity index (χ4v) is 5.70. The van der Waals surface area contributed by atoms with Gasteiger partial charge in [-0.15, -0.1) is 0 Å². The van der Waals surface area contributed by atoms with E-state index in [0.717, 1.165) is 16.3 Å². The minimum absolute atomic E-state index is 0.00311. The molecule has 33 heavy (non-hydrogen) atoms. The molecule has 1 fully saturated rings. The van der Waals surface area contributed by atoms with Gasteiger partial charge in [0.1, 0.15) is 5.56 Å². The average molecular weight is 478 g/mol. The van der Waals surface area contributed by atoms with Gasteiger partial charge in [0.15, 0.2) is 9.84 Å². The number of alkyl halides is 3. The van der Waals surface area contributed by atoms with E-state index in [1.54, 1.807) is 35.2 Å². The highest BCUT2D eigenvalue weighted by atomic mass is 32.2. The molecule has 0 unspecified atom stereocenters. The molecule has 1 aliphatic heterocycles. The van der Waals surface area contributed by atoms with E-state index in [4.69, 9.17) is 0 Å². The minimum atomic E-state index is -4.85. The van der Waals surface area contributed by atoms with Gasteiger partial charge in [-0.1, -0.05) is 60.7 Å². The Bertz CT molecular complexity index is 1280. The maximum Gasteiger partial charge on any atom is 0.421 e. The molecule has 10 heteroatoms. The molecule has 0 N–H and O–H groups in total. The first-order chi connectivity index (χ1) is 15.6. The normalized spacial score (nSPS) is 18.0. The summed E-state index contributed by atoms with van der Waals surface area (Å²) in [6.45, 7) is 0.00370. The van der Waals surface area contributed by atoms with E-state index in [0.29, 0.717) is 12.0 Å².